The maximum Gasteiger partial charge on any atom is 0.177 e. The SMILES string of the molecule is O=Cc1ccc(C(=O)CBr)c(O)c1. The first kappa shape index (κ1) is 9.92. The fourth-order valence-corrected chi connectivity index (χ4v) is 1.23. The Bertz CT molecular complexity index is 347. The van der Waals surface area contributed by atoms with E-state index in [1.165, 1.54) is 18.2 Å². The Morgan fingerprint density at radius 1 is 1.54 bits per heavy atom. The fraction of sp³-hybridized carbons (Fsp3) is 0.111. The number of Topliss-reactive ketones (excluding diaryl/α,β-unsaturated/α-hetero) is 1. The minimum Gasteiger partial charge on any atom is -0.507 e. The molecule has 0 aliphatic carbocycles. The molecule has 0 bridgehead atoms. The molecule has 0 fully saturated rings. The summed E-state index contributed by atoms with van der Waals surface area (Å²) in [5.74, 6) is -0.371. The molecule has 0 atom stereocenters. The summed E-state index contributed by atoms with van der Waals surface area (Å²) in [6, 6.07) is 4.19. The summed E-state index contributed by atoms with van der Waals surface area (Å²) in [4.78, 5) is 21.4. The number of hydrogen-bond donors (Lipinski definition) is 1. The third kappa shape index (κ3) is 2.15. The van der Waals surface area contributed by atoms with Crippen LogP contribution in [0, 0.1) is 0 Å². The first-order valence-electron chi connectivity index (χ1n) is 3.56. The van der Waals surface area contributed by atoms with E-state index in [0.717, 1.165) is 0 Å². The average Bonchev–Trinajstić information content (AvgIpc) is 2.16. The number of aldehydes is 1. The lowest BCUT2D eigenvalue weighted by Gasteiger charge is -2.01. The van der Waals surface area contributed by atoms with E-state index in [4.69, 9.17) is 0 Å². The van der Waals surface area contributed by atoms with Gasteiger partial charge in [0.2, 0.25) is 0 Å². The van der Waals surface area contributed by atoms with Gasteiger partial charge in [-0.05, 0) is 12.1 Å². The van der Waals surface area contributed by atoms with Gasteiger partial charge in [0, 0.05) is 5.56 Å². The van der Waals surface area contributed by atoms with Crippen LogP contribution in [0.15, 0.2) is 18.2 Å². The molecular formula is C9H7BrO3. The van der Waals surface area contributed by atoms with E-state index in [0.29, 0.717) is 11.8 Å². The summed E-state index contributed by atoms with van der Waals surface area (Å²) in [6.07, 6.45) is 0.613. The van der Waals surface area contributed by atoms with Crippen molar-refractivity contribution < 1.29 is 14.7 Å². The summed E-state index contributed by atoms with van der Waals surface area (Å²) in [6.45, 7) is 0. The molecular weight excluding hydrogens is 236 g/mol. The van der Waals surface area contributed by atoms with E-state index < -0.39 is 0 Å². The van der Waals surface area contributed by atoms with Crippen LogP contribution in [0.2, 0.25) is 0 Å². The number of ketones is 1. The molecule has 1 N–H and O–H groups in total. The summed E-state index contributed by atoms with van der Waals surface area (Å²) in [5, 5.41) is 9.48. The molecule has 1 rings (SSSR count). The van der Waals surface area contributed by atoms with Crippen molar-refractivity contribution in [2.45, 2.75) is 0 Å². The highest BCUT2D eigenvalue weighted by molar-refractivity contribution is 9.09. The molecule has 0 unspecified atom stereocenters. The van der Waals surface area contributed by atoms with Gasteiger partial charge in [-0.1, -0.05) is 22.0 Å². The predicted octanol–water partition coefficient (Wildman–Crippen LogP) is 1.78. The van der Waals surface area contributed by atoms with Crippen LogP contribution in [0.4, 0.5) is 0 Å². The third-order valence-corrected chi connectivity index (χ3v) is 2.09. The van der Waals surface area contributed by atoms with E-state index in [9.17, 15) is 14.7 Å². The van der Waals surface area contributed by atoms with Gasteiger partial charge in [0.15, 0.2) is 5.78 Å². The summed E-state index contributed by atoms with van der Waals surface area (Å²) >= 11 is 2.99. The van der Waals surface area contributed by atoms with Gasteiger partial charge in [0.1, 0.15) is 12.0 Å². The maximum atomic E-state index is 11.1. The molecule has 3 nitrogen and oxygen atoms in total. The Balaban J connectivity index is 3.12. The van der Waals surface area contributed by atoms with Crippen molar-refractivity contribution in [3.8, 4) is 5.75 Å². The van der Waals surface area contributed by atoms with Gasteiger partial charge in [0.25, 0.3) is 0 Å². The third-order valence-electron chi connectivity index (χ3n) is 1.58. The first-order chi connectivity index (χ1) is 6.19. The number of carbonyl (C=O) groups excluding carboxylic acids is 2. The van der Waals surface area contributed by atoms with Crippen LogP contribution in [-0.2, 0) is 0 Å². The van der Waals surface area contributed by atoms with E-state index in [-0.39, 0.29) is 22.4 Å². The molecule has 68 valence electrons. The smallest absolute Gasteiger partial charge is 0.177 e. The molecule has 0 spiro atoms. The number of benzene rings is 1. The van der Waals surface area contributed by atoms with E-state index in [1.54, 1.807) is 0 Å². The number of carbonyl (C=O) groups is 2. The summed E-state index contributed by atoms with van der Waals surface area (Å²) in [7, 11) is 0. The Kier molecular flexibility index (Phi) is 3.19. The second-order valence-electron chi connectivity index (χ2n) is 2.45. The normalized spacial score (nSPS) is 9.62. The summed E-state index contributed by atoms with van der Waals surface area (Å²) < 4.78 is 0. The molecule has 4 heteroatoms. The lowest BCUT2D eigenvalue weighted by molar-refractivity contribution is 0.102. The topological polar surface area (TPSA) is 54.4 Å². The number of hydrogen-bond acceptors (Lipinski definition) is 3. The fourth-order valence-electron chi connectivity index (χ4n) is 0.930. The van der Waals surface area contributed by atoms with Crippen molar-refractivity contribution >= 4 is 28.0 Å². The Hall–Kier alpha value is -1.16. The highest BCUT2D eigenvalue weighted by Crippen LogP contribution is 2.19. The number of phenols is 1. The highest BCUT2D eigenvalue weighted by Gasteiger charge is 2.09. The summed E-state index contributed by atoms with van der Waals surface area (Å²) in [5.41, 5.74) is 0.575. The van der Waals surface area contributed by atoms with Crippen LogP contribution in [0.5, 0.6) is 5.75 Å². The molecule has 0 aromatic heterocycles. The van der Waals surface area contributed by atoms with Gasteiger partial charge in [0.05, 0.1) is 10.9 Å². The highest BCUT2D eigenvalue weighted by atomic mass is 79.9. The van der Waals surface area contributed by atoms with Crippen LogP contribution >= 0.6 is 15.9 Å². The van der Waals surface area contributed by atoms with Gasteiger partial charge in [-0.3, -0.25) is 9.59 Å². The van der Waals surface area contributed by atoms with Crippen LogP contribution in [0.25, 0.3) is 0 Å². The zero-order valence-electron chi connectivity index (χ0n) is 6.66. The van der Waals surface area contributed by atoms with Crippen molar-refractivity contribution in [2.75, 3.05) is 5.33 Å². The Morgan fingerprint density at radius 3 is 2.69 bits per heavy atom. The number of halogens is 1. The first-order valence-corrected chi connectivity index (χ1v) is 4.68. The monoisotopic (exact) mass is 242 g/mol. The maximum absolute atomic E-state index is 11.1. The zero-order chi connectivity index (χ0) is 9.84. The standard InChI is InChI=1S/C9H7BrO3/c10-4-9(13)7-2-1-6(5-11)3-8(7)12/h1-3,5,12H,4H2. The van der Waals surface area contributed by atoms with Crippen molar-refractivity contribution in [1.29, 1.82) is 0 Å². The van der Waals surface area contributed by atoms with Crippen molar-refractivity contribution in [3.63, 3.8) is 0 Å². The lowest BCUT2D eigenvalue weighted by Crippen LogP contribution is -2.00. The van der Waals surface area contributed by atoms with Crippen LogP contribution in [0.1, 0.15) is 20.7 Å². The average molecular weight is 243 g/mol. The molecule has 0 aliphatic heterocycles. The molecule has 0 saturated carbocycles. The second kappa shape index (κ2) is 4.18. The molecule has 0 heterocycles. The minimum absolute atomic E-state index is 0.154. The van der Waals surface area contributed by atoms with E-state index >= 15 is 0 Å². The van der Waals surface area contributed by atoms with Gasteiger partial charge in [-0.15, -0.1) is 0 Å². The van der Waals surface area contributed by atoms with Crippen molar-refractivity contribution in [2.24, 2.45) is 0 Å². The van der Waals surface area contributed by atoms with Gasteiger partial charge in [-0.2, -0.15) is 0 Å². The predicted molar refractivity (Wildman–Crippen MR) is 51.6 cm³/mol. The molecule has 13 heavy (non-hydrogen) atoms. The Morgan fingerprint density at radius 2 is 2.23 bits per heavy atom. The van der Waals surface area contributed by atoms with Crippen LogP contribution in [-0.4, -0.2) is 22.5 Å². The second-order valence-corrected chi connectivity index (χ2v) is 3.01. The van der Waals surface area contributed by atoms with Gasteiger partial charge < -0.3 is 5.11 Å². The number of aromatic hydroxyl groups is 1. The van der Waals surface area contributed by atoms with Crippen LogP contribution < -0.4 is 0 Å². The number of alkyl halides is 1. The van der Waals surface area contributed by atoms with E-state index in [1.807, 2.05) is 0 Å². The quantitative estimate of drug-likeness (QED) is 0.500. The van der Waals surface area contributed by atoms with Crippen molar-refractivity contribution in [3.05, 3.63) is 29.3 Å². The molecule has 1 aromatic carbocycles. The molecule has 0 radical (unpaired) electrons. The van der Waals surface area contributed by atoms with Crippen molar-refractivity contribution in [1.82, 2.24) is 0 Å². The van der Waals surface area contributed by atoms with Gasteiger partial charge >= 0.3 is 0 Å². The Labute approximate surface area is 83.5 Å². The van der Waals surface area contributed by atoms with Crippen LogP contribution in [0.3, 0.4) is 0 Å². The number of rotatable bonds is 3. The molecule has 0 amide bonds. The van der Waals surface area contributed by atoms with Gasteiger partial charge in [-0.25, -0.2) is 0 Å². The zero-order valence-corrected chi connectivity index (χ0v) is 8.24. The molecule has 1 aromatic rings. The molecule has 0 saturated heterocycles. The minimum atomic E-state index is -0.213. The number of phenolic OH excluding ortho intramolecular Hbond substituents is 1. The lowest BCUT2D eigenvalue weighted by atomic mass is 10.1. The molecule has 0 aliphatic rings. The van der Waals surface area contributed by atoms with E-state index in [2.05, 4.69) is 15.9 Å². The largest absolute Gasteiger partial charge is 0.507 e.